The Morgan fingerprint density at radius 3 is 2.57 bits per heavy atom. The van der Waals surface area contributed by atoms with E-state index in [1.807, 2.05) is 12.1 Å². The van der Waals surface area contributed by atoms with Crippen LogP contribution in [0.4, 0.5) is 0 Å². The second kappa shape index (κ2) is 5.67. The Hall–Kier alpha value is -1.82. The number of phenols is 1. The zero-order valence-electron chi connectivity index (χ0n) is 13.4. The number of aryl methyl sites for hydroxylation is 3. The second-order valence-electron chi connectivity index (χ2n) is 5.96. The van der Waals surface area contributed by atoms with Crippen LogP contribution in [0.5, 0.6) is 5.75 Å². The molecule has 3 nitrogen and oxygen atoms in total. The Morgan fingerprint density at radius 1 is 1.04 bits per heavy atom. The van der Waals surface area contributed by atoms with Crippen molar-refractivity contribution in [1.82, 2.24) is 4.98 Å². The number of nitrogens with zero attached hydrogens (tertiary/aromatic N) is 1. The molecule has 0 fully saturated rings. The fourth-order valence-electron chi connectivity index (χ4n) is 3.48. The Balaban J connectivity index is 0.00000156. The molecule has 0 aliphatic heterocycles. The SMILES string of the molecule is CC[n+]1ccc2c(C)c3[nH]c4ccc(O)cc4c3c(C)c2c1.[I-]. The number of fused-ring (bicyclic) bond motifs is 4. The van der Waals surface area contributed by atoms with Crippen LogP contribution in [-0.2, 0) is 6.54 Å². The third-order valence-electron chi connectivity index (χ3n) is 4.72. The van der Waals surface area contributed by atoms with Crippen molar-refractivity contribution in [1.29, 1.82) is 0 Å². The fraction of sp³-hybridized carbons (Fsp3) is 0.211. The summed E-state index contributed by atoms with van der Waals surface area (Å²) in [7, 11) is 0. The number of halogens is 1. The molecule has 0 saturated carbocycles. The number of pyridine rings is 1. The molecule has 0 aliphatic carbocycles. The molecule has 0 saturated heterocycles. The molecule has 2 aromatic heterocycles. The van der Waals surface area contributed by atoms with E-state index in [9.17, 15) is 5.11 Å². The first-order valence-corrected chi connectivity index (χ1v) is 7.66. The number of aromatic amines is 1. The first-order valence-electron chi connectivity index (χ1n) is 7.66. The number of hydrogen-bond donors (Lipinski definition) is 2. The van der Waals surface area contributed by atoms with Gasteiger partial charge in [-0.25, -0.2) is 4.57 Å². The van der Waals surface area contributed by atoms with Gasteiger partial charge >= 0.3 is 0 Å². The lowest BCUT2D eigenvalue weighted by Gasteiger charge is -2.08. The average molecular weight is 418 g/mol. The molecule has 23 heavy (non-hydrogen) atoms. The van der Waals surface area contributed by atoms with Crippen LogP contribution in [0.2, 0.25) is 0 Å². The lowest BCUT2D eigenvalue weighted by Crippen LogP contribution is -3.00. The molecule has 2 heterocycles. The summed E-state index contributed by atoms with van der Waals surface area (Å²) in [5, 5.41) is 14.7. The maximum Gasteiger partial charge on any atom is 0.176 e. The van der Waals surface area contributed by atoms with Gasteiger partial charge in [0.2, 0.25) is 0 Å². The number of nitrogens with one attached hydrogen (secondary N) is 1. The monoisotopic (exact) mass is 418 g/mol. The standard InChI is InChI=1S/C19H18N2O.HI/c1-4-21-8-7-14-12(3)19-18(11(2)16(14)10-21)15-9-13(22)5-6-17(15)20-19;/h5-10,22H,4H2,1-3H3;1H. The predicted octanol–water partition coefficient (Wildman–Crippen LogP) is 1.11. The number of rotatable bonds is 1. The van der Waals surface area contributed by atoms with Crippen LogP contribution in [0, 0.1) is 13.8 Å². The van der Waals surface area contributed by atoms with Crippen LogP contribution >= 0.6 is 0 Å². The highest BCUT2D eigenvalue weighted by Crippen LogP contribution is 2.36. The Kier molecular flexibility index (Phi) is 3.96. The highest BCUT2D eigenvalue weighted by atomic mass is 127. The Labute approximate surface area is 152 Å². The van der Waals surface area contributed by atoms with Gasteiger partial charge in [-0.3, -0.25) is 0 Å². The quantitative estimate of drug-likeness (QED) is 0.353. The molecule has 0 bridgehead atoms. The lowest BCUT2D eigenvalue weighted by atomic mass is 9.97. The summed E-state index contributed by atoms with van der Waals surface area (Å²) in [5.74, 6) is 0.308. The maximum absolute atomic E-state index is 9.85. The molecule has 2 aromatic carbocycles. The van der Waals surface area contributed by atoms with Crippen LogP contribution < -0.4 is 28.5 Å². The van der Waals surface area contributed by atoms with Crippen LogP contribution in [-0.4, -0.2) is 10.1 Å². The van der Waals surface area contributed by atoms with Gasteiger partial charge in [-0.15, -0.1) is 0 Å². The normalized spacial score (nSPS) is 11.3. The highest BCUT2D eigenvalue weighted by Gasteiger charge is 2.16. The molecule has 4 heteroatoms. The molecule has 4 rings (SSSR count). The van der Waals surface area contributed by atoms with Crippen LogP contribution in [0.1, 0.15) is 18.1 Å². The van der Waals surface area contributed by atoms with E-state index in [2.05, 4.69) is 48.8 Å². The highest BCUT2D eigenvalue weighted by molar-refractivity contribution is 6.16. The van der Waals surface area contributed by atoms with Crippen LogP contribution in [0.15, 0.2) is 36.7 Å². The lowest BCUT2D eigenvalue weighted by molar-refractivity contribution is -0.692. The van der Waals surface area contributed by atoms with E-state index < -0.39 is 0 Å². The second-order valence-corrected chi connectivity index (χ2v) is 5.96. The minimum atomic E-state index is 0. The average Bonchev–Trinajstić information content (AvgIpc) is 2.91. The van der Waals surface area contributed by atoms with Gasteiger partial charge in [-0.2, -0.15) is 0 Å². The van der Waals surface area contributed by atoms with Gasteiger partial charge in [0.15, 0.2) is 12.4 Å². The predicted molar refractivity (Wildman–Crippen MR) is 90.3 cm³/mol. The van der Waals surface area contributed by atoms with E-state index >= 15 is 0 Å². The van der Waals surface area contributed by atoms with E-state index in [4.69, 9.17) is 0 Å². The molecular weight excluding hydrogens is 399 g/mol. The van der Waals surface area contributed by atoms with Gasteiger partial charge in [-0.05, 0) is 55.5 Å². The molecule has 0 radical (unpaired) electrons. The van der Waals surface area contributed by atoms with Gasteiger partial charge in [-0.1, -0.05) is 0 Å². The molecule has 0 unspecified atom stereocenters. The van der Waals surface area contributed by atoms with Gasteiger partial charge in [0.25, 0.3) is 0 Å². The minimum Gasteiger partial charge on any atom is -1.00 e. The third-order valence-corrected chi connectivity index (χ3v) is 4.72. The summed E-state index contributed by atoms with van der Waals surface area (Å²) in [4.78, 5) is 3.52. The number of phenolic OH excluding ortho intramolecular Hbond substituents is 1. The number of aromatic hydroxyl groups is 1. The molecule has 118 valence electrons. The van der Waals surface area contributed by atoms with Crippen molar-refractivity contribution >= 4 is 32.6 Å². The number of H-pyrrole nitrogens is 1. The van der Waals surface area contributed by atoms with Crippen LogP contribution in [0.25, 0.3) is 32.6 Å². The van der Waals surface area contributed by atoms with Crippen molar-refractivity contribution in [2.75, 3.05) is 0 Å². The van der Waals surface area contributed by atoms with E-state index in [1.54, 1.807) is 6.07 Å². The summed E-state index contributed by atoms with van der Waals surface area (Å²) in [6.45, 7) is 7.44. The molecular formula is C19H19IN2O. The van der Waals surface area contributed by atoms with Crippen molar-refractivity contribution in [3.63, 3.8) is 0 Å². The molecule has 0 amide bonds. The molecule has 0 aliphatic rings. The van der Waals surface area contributed by atoms with Crippen LogP contribution in [0.3, 0.4) is 0 Å². The summed E-state index contributed by atoms with van der Waals surface area (Å²) in [6, 6.07) is 7.72. The maximum atomic E-state index is 9.85. The van der Waals surface area contributed by atoms with Crippen molar-refractivity contribution in [3.8, 4) is 5.75 Å². The topological polar surface area (TPSA) is 39.9 Å². The Morgan fingerprint density at radius 2 is 1.83 bits per heavy atom. The van der Waals surface area contributed by atoms with Crippen molar-refractivity contribution < 1.29 is 33.7 Å². The van der Waals surface area contributed by atoms with E-state index in [1.165, 1.54) is 32.8 Å². The van der Waals surface area contributed by atoms with Gasteiger partial charge < -0.3 is 34.1 Å². The Bertz CT molecular complexity index is 1050. The van der Waals surface area contributed by atoms with Gasteiger partial charge in [0.05, 0.1) is 5.52 Å². The molecule has 4 aromatic rings. The van der Waals surface area contributed by atoms with E-state index in [-0.39, 0.29) is 24.0 Å². The van der Waals surface area contributed by atoms with Gasteiger partial charge in [0, 0.05) is 27.7 Å². The number of benzene rings is 2. The molecule has 0 atom stereocenters. The third kappa shape index (κ3) is 2.27. The van der Waals surface area contributed by atoms with E-state index in [0.29, 0.717) is 5.75 Å². The summed E-state index contributed by atoms with van der Waals surface area (Å²) in [6.07, 6.45) is 4.35. The first kappa shape index (κ1) is 16.1. The smallest absolute Gasteiger partial charge is 0.176 e. The largest absolute Gasteiger partial charge is 1.00 e. The van der Waals surface area contributed by atoms with Crippen molar-refractivity contribution in [2.24, 2.45) is 0 Å². The zero-order chi connectivity index (χ0) is 15.4. The summed E-state index contributed by atoms with van der Waals surface area (Å²) < 4.78 is 2.20. The number of hydrogen-bond acceptors (Lipinski definition) is 1. The van der Waals surface area contributed by atoms with Gasteiger partial charge in [0.1, 0.15) is 12.3 Å². The summed E-state index contributed by atoms with van der Waals surface area (Å²) >= 11 is 0. The van der Waals surface area contributed by atoms with E-state index in [0.717, 1.165) is 17.4 Å². The zero-order valence-corrected chi connectivity index (χ0v) is 15.6. The van der Waals surface area contributed by atoms with Crippen molar-refractivity contribution in [2.45, 2.75) is 27.3 Å². The number of aromatic nitrogens is 2. The van der Waals surface area contributed by atoms with Crippen molar-refractivity contribution in [3.05, 3.63) is 47.8 Å². The molecule has 2 N–H and O–H groups in total. The summed E-state index contributed by atoms with van der Waals surface area (Å²) in [5.41, 5.74) is 4.75. The minimum absolute atomic E-state index is 0. The fourth-order valence-corrected chi connectivity index (χ4v) is 3.48. The first-order chi connectivity index (χ1) is 10.6. The molecule has 0 spiro atoms.